The van der Waals surface area contributed by atoms with Gasteiger partial charge >= 0.3 is 0 Å². The molecule has 0 unspecified atom stereocenters. The highest BCUT2D eigenvalue weighted by atomic mass is 32.1. The van der Waals surface area contributed by atoms with E-state index in [0.717, 1.165) is 60.8 Å². The van der Waals surface area contributed by atoms with Crippen LogP contribution in [0.2, 0.25) is 0 Å². The van der Waals surface area contributed by atoms with Crippen LogP contribution < -0.4 is 0 Å². The molecular formula is C13H5N5O2S3. The molecule has 3 aromatic rings. The zero-order valence-corrected chi connectivity index (χ0v) is 13.9. The number of thiophene rings is 1. The molecule has 2 aliphatic heterocycles. The fourth-order valence-electron chi connectivity index (χ4n) is 2.66. The number of fused-ring (bicyclic) bond motifs is 3. The molecule has 0 N–H and O–H groups in total. The minimum absolute atomic E-state index is 0.266. The predicted molar refractivity (Wildman–Crippen MR) is 88.7 cm³/mol. The third-order valence-corrected chi connectivity index (χ3v) is 6.01. The molecule has 2 aliphatic rings. The molecule has 0 fully saturated rings. The van der Waals surface area contributed by atoms with Crippen molar-refractivity contribution in [2.75, 3.05) is 7.05 Å². The van der Waals surface area contributed by atoms with E-state index in [9.17, 15) is 9.59 Å². The molecule has 4 heterocycles. The van der Waals surface area contributed by atoms with Gasteiger partial charge in [0.05, 0.1) is 28.6 Å². The zero-order chi connectivity index (χ0) is 15.7. The summed E-state index contributed by atoms with van der Waals surface area (Å²) < 4.78 is 17.2. The SMILES string of the molecule is CN1C(=O)c2cc(-c3c4c(cc5nsnc35)N=S=N4)sc2C1=O. The number of rotatable bonds is 1. The van der Waals surface area contributed by atoms with E-state index < -0.39 is 0 Å². The van der Waals surface area contributed by atoms with Crippen LogP contribution in [0, 0.1) is 0 Å². The molecule has 5 rings (SSSR count). The Morgan fingerprint density at radius 2 is 1.96 bits per heavy atom. The second kappa shape index (κ2) is 4.37. The predicted octanol–water partition coefficient (Wildman–Crippen LogP) is 3.37. The quantitative estimate of drug-likeness (QED) is 0.487. The Kier molecular flexibility index (Phi) is 2.50. The van der Waals surface area contributed by atoms with Crippen LogP contribution in [0.3, 0.4) is 0 Å². The number of carbonyl (C=O) groups is 2. The van der Waals surface area contributed by atoms with E-state index in [4.69, 9.17) is 0 Å². The van der Waals surface area contributed by atoms with Crippen molar-refractivity contribution in [1.29, 1.82) is 0 Å². The Morgan fingerprint density at radius 1 is 1.09 bits per heavy atom. The second-order valence-corrected chi connectivity index (χ2v) is 7.15. The van der Waals surface area contributed by atoms with Gasteiger partial charge in [-0.05, 0) is 12.1 Å². The minimum atomic E-state index is -0.274. The summed E-state index contributed by atoms with van der Waals surface area (Å²) in [5.74, 6) is -0.541. The summed E-state index contributed by atoms with van der Waals surface area (Å²) in [5, 5.41) is 0. The standard InChI is InChI=1S/C13H5N5O2S3/c1-18-12(19)4-2-7(21-11(4)13(18)20)8-9-5(14-22-16-9)3-6-10(8)17-23-15-6/h2-3H,1H3. The van der Waals surface area contributed by atoms with Gasteiger partial charge in [0.15, 0.2) is 0 Å². The van der Waals surface area contributed by atoms with Gasteiger partial charge in [0.2, 0.25) is 0 Å². The van der Waals surface area contributed by atoms with E-state index in [-0.39, 0.29) is 11.8 Å². The monoisotopic (exact) mass is 359 g/mol. The third-order valence-electron chi connectivity index (χ3n) is 3.79. The molecule has 10 heteroatoms. The first-order chi connectivity index (χ1) is 11.1. The van der Waals surface area contributed by atoms with Crippen molar-refractivity contribution in [3.8, 4) is 10.4 Å². The van der Waals surface area contributed by atoms with Crippen molar-refractivity contribution < 1.29 is 9.59 Å². The number of amides is 2. The molecule has 0 saturated carbocycles. The molecule has 2 aromatic heterocycles. The topological polar surface area (TPSA) is 87.9 Å². The highest BCUT2D eigenvalue weighted by molar-refractivity contribution is 7.58. The maximum Gasteiger partial charge on any atom is 0.271 e. The van der Waals surface area contributed by atoms with E-state index in [0.29, 0.717) is 10.4 Å². The van der Waals surface area contributed by atoms with Gasteiger partial charge in [-0.15, -0.1) is 11.3 Å². The van der Waals surface area contributed by atoms with E-state index in [2.05, 4.69) is 17.5 Å². The fourth-order valence-corrected chi connectivity index (χ4v) is 4.90. The number of nitrogens with zero attached hydrogens (tertiary/aromatic N) is 5. The van der Waals surface area contributed by atoms with Gasteiger partial charge in [-0.3, -0.25) is 14.5 Å². The largest absolute Gasteiger partial charge is 0.277 e. The maximum absolute atomic E-state index is 12.1. The van der Waals surface area contributed by atoms with Crippen molar-refractivity contribution in [3.05, 3.63) is 22.6 Å². The van der Waals surface area contributed by atoms with Gasteiger partial charge in [0.1, 0.15) is 27.3 Å². The number of hydrogen-bond donors (Lipinski definition) is 0. The zero-order valence-electron chi connectivity index (χ0n) is 11.4. The summed E-state index contributed by atoms with van der Waals surface area (Å²) >= 11 is 3.53. The molecule has 2 amide bonds. The first-order valence-corrected chi connectivity index (χ1v) is 8.77. The lowest BCUT2D eigenvalue weighted by Crippen LogP contribution is -2.24. The van der Waals surface area contributed by atoms with Crippen LogP contribution in [0.15, 0.2) is 20.9 Å². The van der Waals surface area contributed by atoms with Crippen LogP contribution in [-0.4, -0.2) is 32.5 Å². The third kappa shape index (κ3) is 1.62. The Bertz CT molecular complexity index is 1090. The Hall–Kier alpha value is -2.30. The average molecular weight is 359 g/mol. The van der Waals surface area contributed by atoms with Gasteiger partial charge in [0.25, 0.3) is 11.8 Å². The van der Waals surface area contributed by atoms with Crippen molar-refractivity contribution in [3.63, 3.8) is 0 Å². The summed E-state index contributed by atoms with van der Waals surface area (Å²) in [6, 6.07) is 3.60. The van der Waals surface area contributed by atoms with Crippen LogP contribution in [0.5, 0.6) is 0 Å². The second-order valence-electron chi connectivity index (χ2n) is 5.04. The van der Waals surface area contributed by atoms with Crippen molar-refractivity contribution in [1.82, 2.24) is 13.6 Å². The van der Waals surface area contributed by atoms with Gasteiger partial charge in [-0.25, -0.2) is 0 Å². The highest BCUT2D eigenvalue weighted by Crippen LogP contribution is 2.48. The number of carbonyl (C=O) groups excluding carboxylic acids is 2. The Balaban J connectivity index is 1.82. The van der Waals surface area contributed by atoms with Crippen molar-refractivity contribution in [2.24, 2.45) is 8.73 Å². The van der Waals surface area contributed by atoms with Crippen LogP contribution in [0.25, 0.3) is 21.5 Å². The van der Waals surface area contributed by atoms with Gasteiger partial charge in [0, 0.05) is 17.5 Å². The first-order valence-electron chi connectivity index (χ1n) is 6.49. The smallest absolute Gasteiger partial charge is 0.271 e. The number of imide groups is 1. The van der Waals surface area contributed by atoms with Crippen molar-refractivity contribution in [2.45, 2.75) is 0 Å². The van der Waals surface area contributed by atoms with E-state index in [1.807, 2.05) is 6.07 Å². The van der Waals surface area contributed by atoms with Crippen LogP contribution >= 0.6 is 23.1 Å². The molecule has 0 aliphatic carbocycles. The van der Waals surface area contributed by atoms with E-state index >= 15 is 0 Å². The molecule has 7 nitrogen and oxygen atoms in total. The van der Waals surface area contributed by atoms with Gasteiger partial charge in [-0.1, -0.05) is 0 Å². The lowest BCUT2D eigenvalue weighted by Gasteiger charge is -2.06. The molecule has 0 atom stereocenters. The van der Waals surface area contributed by atoms with Crippen molar-refractivity contribution >= 4 is 68.6 Å². The van der Waals surface area contributed by atoms with E-state index in [1.165, 1.54) is 18.4 Å². The summed E-state index contributed by atoms with van der Waals surface area (Å²) in [5.41, 5.74) is 4.17. The molecule has 0 radical (unpaired) electrons. The molecule has 0 bridgehead atoms. The summed E-state index contributed by atoms with van der Waals surface area (Å²) in [7, 11) is 1.49. The molecule has 0 spiro atoms. The number of hydrogen-bond acceptors (Lipinski definition) is 8. The van der Waals surface area contributed by atoms with Gasteiger partial charge in [-0.2, -0.15) is 17.5 Å². The molecule has 0 saturated heterocycles. The number of aromatic nitrogens is 2. The van der Waals surface area contributed by atoms with Crippen LogP contribution in [0.4, 0.5) is 11.4 Å². The van der Waals surface area contributed by atoms with Gasteiger partial charge < -0.3 is 0 Å². The summed E-state index contributed by atoms with van der Waals surface area (Å²) in [6.45, 7) is 0. The molecular weight excluding hydrogens is 354 g/mol. The molecule has 1 aromatic carbocycles. The average Bonchev–Trinajstić information content (AvgIpc) is 3.29. The fraction of sp³-hybridized carbons (Fsp3) is 0.0769. The Labute approximate surface area is 140 Å². The highest BCUT2D eigenvalue weighted by Gasteiger charge is 2.36. The summed E-state index contributed by atoms with van der Waals surface area (Å²) in [4.78, 5) is 26.7. The minimum Gasteiger partial charge on any atom is -0.277 e. The van der Waals surface area contributed by atoms with Crippen LogP contribution in [-0.2, 0) is 11.4 Å². The molecule has 23 heavy (non-hydrogen) atoms. The number of benzene rings is 1. The summed E-state index contributed by atoms with van der Waals surface area (Å²) in [6.07, 6.45) is 0. The van der Waals surface area contributed by atoms with Crippen LogP contribution in [0.1, 0.15) is 20.0 Å². The lowest BCUT2D eigenvalue weighted by molar-refractivity contribution is 0.0694. The molecule has 112 valence electrons. The lowest BCUT2D eigenvalue weighted by atomic mass is 10.1. The normalized spacial score (nSPS) is 15.4. The maximum atomic E-state index is 12.1. The Morgan fingerprint density at radius 3 is 2.78 bits per heavy atom. The first kappa shape index (κ1) is 13.2. The van der Waals surface area contributed by atoms with E-state index in [1.54, 1.807) is 6.07 Å².